The summed E-state index contributed by atoms with van der Waals surface area (Å²) < 4.78 is 33.2. The number of nitrogens with zero attached hydrogens (tertiary/aromatic N) is 3. The number of benzene rings is 1. The van der Waals surface area contributed by atoms with Crippen LogP contribution in [-0.2, 0) is 14.8 Å². The van der Waals surface area contributed by atoms with Gasteiger partial charge >= 0.3 is 0 Å². The molecule has 0 amide bonds. The molecule has 1 fully saturated rings. The van der Waals surface area contributed by atoms with Gasteiger partial charge in [0, 0.05) is 44.3 Å². The molecule has 25 heavy (non-hydrogen) atoms. The van der Waals surface area contributed by atoms with Crippen molar-refractivity contribution in [2.24, 2.45) is 0 Å². The third kappa shape index (κ3) is 3.69. The lowest BCUT2D eigenvalue weighted by molar-refractivity contribution is 0.0314. The third-order valence-corrected chi connectivity index (χ3v) is 6.87. The second-order valence-electron chi connectivity index (χ2n) is 6.56. The predicted octanol–water partition coefficient (Wildman–Crippen LogP) is 1.88. The fourth-order valence-electron chi connectivity index (χ4n) is 3.18. The molecule has 2 heterocycles. The molecule has 1 saturated heterocycles. The highest BCUT2D eigenvalue weighted by atomic mass is 32.2. The fourth-order valence-corrected chi connectivity index (χ4v) is 4.71. The average molecular weight is 363 g/mol. The maximum absolute atomic E-state index is 13.2. The summed E-state index contributed by atoms with van der Waals surface area (Å²) in [5.74, 6) is 0. The molecule has 0 bridgehead atoms. The monoisotopic (exact) mass is 363 g/mol. The van der Waals surface area contributed by atoms with E-state index in [0.717, 1.165) is 24.2 Å². The van der Waals surface area contributed by atoms with E-state index >= 15 is 0 Å². The zero-order valence-electron chi connectivity index (χ0n) is 15.0. The number of aromatic nitrogens is 1. The molecule has 0 N–H and O–H groups in total. The molecular formula is C18H25N3O3S. The molecule has 0 radical (unpaired) electrons. The van der Waals surface area contributed by atoms with Crippen molar-refractivity contribution in [3.63, 3.8) is 0 Å². The average Bonchev–Trinajstić information content (AvgIpc) is 2.62. The number of sulfonamides is 1. The van der Waals surface area contributed by atoms with Crippen molar-refractivity contribution >= 4 is 20.9 Å². The van der Waals surface area contributed by atoms with E-state index in [-0.39, 0.29) is 6.04 Å². The van der Waals surface area contributed by atoms with Crippen LogP contribution in [0.3, 0.4) is 0 Å². The Hall–Kier alpha value is -1.54. The largest absolute Gasteiger partial charge is 0.379 e. The number of pyridine rings is 1. The molecule has 0 saturated carbocycles. The number of hydrogen-bond acceptors (Lipinski definition) is 5. The topological polar surface area (TPSA) is 62.7 Å². The molecule has 1 aromatic carbocycles. The molecule has 3 rings (SSSR count). The zero-order chi connectivity index (χ0) is 18.0. The first-order valence-corrected chi connectivity index (χ1v) is 9.97. The van der Waals surface area contributed by atoms with Crippen LogP contribution in [0.4, 0.5) is 0 Å². The van der Waals surface area contributed by atoms with E-state index in [2.05, 4.69) is 9.88 Å². The van der Waals surface area contributed by atoms with E-state index in [9.17, 15) is 8.42 Å². The first-order chi connectivity index (χ1) is 11.9. The fraction of sp³-hybridized carbons (Fsp3) is 0.500. The van der Waals surface area contributed by atoms with Crippen molar-refractivity contribution in [3.05, 3.63) is 36.0 Å². The minimum absolute atomic E-state index is 0.129. The van der Waals surface area contributed by atoms with Crippen LogP contribution in [0.25, 0.3) is 10.9 Å². The zero-order valence-corrected chi connectivity index (χ0v) is 15.8. The molecule has 7 heteroatoms. The lowest BCUT2D eigenvalue weighted by Gasteiger charge is -2.32. The summed E-state index contributed by atoms with van der Waals surface area (Å²) in [7, 11) is -1.94. The Morgan fingerprint density at radius 3 is 2.72 bits per heavy atom. The Kier molecular flexibility index (Phi) is 5.38. The van der Waals surface area contributed by atoms with E-state index in [1.165, 1.54) is 4.31 Å². The first kappa shape index (κ1) is 18.3. The first-order valence-electron chi connectivity index (χ1n) is 8.53. The summed E-state index contributed by atoms with van der Waals surface area (Å²) in [5, 5.41) is 0.674. The third-order valence-electron chi connectivity index (χ3n) is 4.84. The van der Waals surface area contributed by atoms with Crippen molar-refractivity contribution in [1.29, 1.82) is 0 Å². The molecule has 1 unspecified atom stereocenters. The Labute approximate surface area is 149 Å². The molecule has 136 valence electrons. The van der Waals surface area contributed by atoms with Gasteiger partial charge in [-0.25, -0.2) is 8.42 Å². The number of rotatable bonds is 5. The van der Waals surface area contributed by atoms with E-state index in [1.807, 2.05) is 26.0 Å². The second kappa shape index (κ2) is 7.37. The van der Waals surface area contributed by atoms with Gasteiger partial charge in [-0.1, -0.05) is 6.07 Å². The molecule has 1 aromatic heterocycles. The van der Waals surface area contributed by atoms with Gasteiger partial charge in [-0.15, -0.1) is 0 Å². The van der Waals surface area contributed by atoms with Gasteiger partial charge in [0.25, 0.3) is 0 Å². The maximum atomic E-state index is 13.2. The number of aryl methyl sites for hydroxylation is 1. The second-order valence-corrected chi connectivity index (χ2v) is 8.53. The SMILES string of the molecule is Cc1ccc(S(=O)(=O)N(C)C(C)CN2CCOCC2)c2cccnc12. The van der Waals surface area contributed by atoms with Crippen LogP contribution in [0.1, 0.15) is 12.5 Å². The minimum Gasteiger partial charge on any atom is -0.379 e. The van der Waals surface area contributed by atoms with E-state index in [0.29, 0.717) is 30.0 Å². The smallest absolute Gasteiger partial charge is 0.243 e. The maximum Gasteiger partial charge on any atom is 0.243 e. The molecule has 6 nitrogen and oxygen atoms in total. The van der Waals surface area contributed by atoms with Crippen molar-refractivity contribution in [2.75, 3.05) is 39.9 Å². The van der Waals surface area contributed by atoms with Crippen molar-refractivity contribution in [3.8, 4) is 0 Å². The van der Waals surface area contributed by atoms with Crippen molar-refractivity contribution in [2.45, 2.75) is 24.8 Å². The number of morpholine rings is 1. The summed E-state index contributed by atoms with van der Waals surface area (Å²) in [6, 6.07) is 6.98. The summed E-state index contributed by atoms with van der Waals surface area (Å²) in [6.45, 7) is 7.68. The van der Waals surface area contributed by atoms with Gasteiger partial charge in [-0.2, -0.15) is 4.31 Å². The van der Waals surface area contributed by atoms with E-state index in [1.54, 1.807) is 25.4 Å². The summed E-state index contributed by atoms with van der Waals surface area (Å²) >= 11 is 0. The summed E-state index contributed by atoms with van der Waals surface area (Å²) in [5.41, 5.74) is 1.70. The minimum atomic E-state index is -3.60. The highest BCUT2D eigenvalue weighted by Crippen LogP contribution is 2.27. The predicted molar refractivity (Wildman–Crippen MR) is 98.1 cm³/mol. The number of hydrogen-bond donors (Lipinski definition) is 0. The van der Waals surface area contributed by atoms with Gasteiger partial charge in [0.1, 0.15) is 0 Å². The lowest BCUT2D eigenvalue weighted by Crippen LogP contribution is -2.46. The Morgan fingerprint density at radius 2 is 2.00 bits per heavy atom. The molecule has 1 aliphatic heterocycles. The van der Waals surface area contributed by atoms with Crippen LogP contribution in [0.15, 0.2) is 35.4 Å². The lowest BCUT2D eigenvalue weighted by atomic mass is 10.1. The van der Waals surface area contributed by atoms with Gasteiger partial charge in [0.05, 0.1) is 23.6 Å². The van der Waals surface area contributed by atoms with Gasteiger partial charge in [-0.3, -0.25) is 9.88 Å². The van der Waals surface area contributed by atoms with Crippen LogP contribution in [0, 0.1) is 6.92 Å². The quantitative estimate of drug-likeness (QED) is 0.812. The Bertz CT molecular complexity index is 848. The molecule has 0 aliphatic carbocycles. The molecule has 1 aliphatic rings. The highest BCUT2D eigenvalue weighted by Gasteiger charge is 2.28. The van der Waals surface area contributed by atoms with Crippen molar-refractivity contribution < 1.29 is 13.2 Å². The van der Waals surface area contributed by atoms with Gasteiger partial charge in [-0.05, 0) is 37.6 Å². The van der Waals surface area contributed by atoms with Crippen LogP contribution in [0.2, 0.25) is 0 Å². The normalized spacial score (nSPS) is 17.9. The van der Waals surface area contributed by atoms with Crippen molar-refractivity contribution in [1.82, 2.24) is 14.2 Å². The van der Waals surface area contributed by atoms with Crippen LogP contribution in [-0.4, -0.2) is 68.5 Å². The summed E-state index contributed by atoms with van der Waals surface area (Å²) in [6.07, 6.45) is 1.69. The van der Waals surface area contributed by atoms with Gasteiger partial charge in [0.15, 0.2) is 0 Å². The molecule has 0 spiro atoms. The van der Waals surface area contributed by atoms with Gasteiger partial charge < -0.3 is 4.74 Å². The Morgan fingerprint density at radius 1 is 1.28 bits per heavy atom. The summed E-state index contributed by atoms with van der Waals surface area (Å²) in [4.78, 5) is 6.91. The molecular weight excluding hydrogens is 338 g/mol. The van der Waals surface area contributed by atoms with Crippen LogP contribution >= 0.6 is 0 Å². The highest BCUT2D eigenvalue weighted by molar-refractivity contribution is 7.89. The number of likely N-dealkylation sites (N-methyl/N-ethyl adjacent to an activating group) is 1. The van der Waals surface area contributed by atoms with Crippen LogP contribution < -0.4 is 0 Å². The standard InChI is InChI=1S/C18H25N3O3S/c1-14-6-7-17(16-5-4-8-19-18(14)16)25(22,23)20(3)15(2)13-21-9-11-24-12-10-21/h4-8,15H,9-13H2,1-3H3. The van der Waals surface area contributed by atoms with Gasteiger partial charge in [0.2, 0.25) is 10.0 Å². The van der Waals surface area contributed by atoms with E-state index in [4.69, 9.17) is 4.74 Å². The molecule has 1 atom stereocenters. The molecule has 2 aromatic rings. The number of ether oxygens (including phenoxy) is 1. The number of fused-ring (bicyclic) bond motifs is 1. The Balaban J connectivity index is 1.89. The van der Waals surface area contributed by atoms with Crippen LogP contribution in [0.5, 0.6) is 0 Å². The van der Waals surface area contributed by atoms with E-state index < -0.39 is 10.0 Å².